The van der Waals surface area contributed by atoms with E-state index >= 15 is 0 Å². The fourth-order valence-corrected chi connectivity index (χ4v) is 7.30. The summed E-state index contributed by atoms with van der Waals surface area (Å²) in [4.78, 5) is 22.3. The minimum absolute atomic E-state index is 0.0152. The highest BCUT2D eigenvalue weighted by Crippen LogP contribution is 2.51. The van der Waals surface area contributed by atoms with E-state index < -0.39 is 17.0 Å². The van der Waals surface area contributed by atoms with Gasteiger partial charge in [-0.3, -0.25) is 14.8 Å². The van der Waals surface area contributed by atoms with Gasteiger partial charge in [0.2, 0.25) is 0 Å². The molecule has 5 aliphatic rings. The molecule has 8 nitrogen and oxygen atoms in total. The lowest BCUT2D eigenvalue weighted by molar-refractivity contribution is -0.192. The second kappa shape index (κ2) is 7.98. The molecule has 3 fully saturated rings. The number of aromatic nitrogens is 3. The summed E-state index contributed by atoms with van der Waals surface area (Å²) in [7, 11) is 0. The van der Waals surface area contributed by atoms with Gasteiger partial charge >= 0.3 is 0 Å². The van der Waals surface area contributed by atoms with Crippen molar-refractivity contribution >= 4 is 22.8 Å². The fraction of sp³-hybridized carbons (Fsp3) is 0.500. The van der Waals surface area contributed by atoms with Crippen molar-refractivity contribution in [3.05, 3.63) is 58.0 Å². The Kier molecular flexibility index (Phi) is 5.02. The van der Waals surface area contributed by atoms with Gasteiger partial charge in [-0.1, -0.05) is 0 Å². The smallest absolute Gasteiger partial charge is 0.251 e. The molecular formula is C26H27FN4O4S. The van der Waals surface area contributed by atoms with E-state index in [1.54, 1.807) is 24.0 Å². The lowest BCUT2D eigenvalue weighted by atomic mass is 9.67. The Bertz CT molecular complexity index is 1420. The third-order valence-electron chi connectivity index (χ3n) is 8.36. The molecule has 0 amide bonds. The molecule has 36 heavy (non-hydrogen) atoms. The zero-order valence-corrected chi connectivity index (χ0v) is 20.6. The molecule has 2 saturated heterocycles. The van der Waals surface area contributed by atoms with Gasteiger partial charge in [-0.2, -0.15) is 0 Å². The van der Waals surface area contributed by atoms with Crippen LogP contribution >= 0.6 is 11.8 Å². The molecule has 10 heteroatoms. The summed E-state index contributed by atoms with van der Waals surface area (Å²) in [6.07, 6.45) is 6.49. The molecule has 0 radical (unpaired) electrons. The molecule has 4 aliphatic heterocycles. The van der Waals surface area contributed by atoms with Gasteiger partial charge in [-0.15, -0.1) is 11.8 Å². The summed E-state index contributed by atoms with van der Waals surface area (Å²) >= 11 is 1.79. The van der Waals surface area contributed by atoms with Gasteiger partial charge in [0.25, 0.3) is 5.56 Å². The number of rotatable bonds is 5. The summed E-state index contributed by atoms with van der Waals surface area (Å²) in [5.41, 5.74) is -0.423. The summed E-state index contributed by atoms with van der Waals surface area (Å²) in [6.45, 7) is 1.90. The summed E-state index contributed by atoms with van der Waals surface area (Å²) in [6, 6.07) is 5.10. The van der Waals surface area contributed by atoms with E-state index in [0.717, 1.165) is 60.6 Å². The second-order valence-corrected chi connectivity index (χ2v) is 11.7. The van der Waals surface area contributed by atoms with Crippen LogP contribution in [0.1, 0.15) is 43.4 Å². The van der Waals surface area contributed by atoms with E-state index in [1.807, 2.05) is 0 Å². The first-order valence-electron chi connectivity index (χ1n) is 12.4. The summed E-state index contributed by atoms with van der Waals surface area (Å²) in [5.74, 6) is 1.22. The van der Waals surface area contributed by atoms with Crippen molar-refractivity contribution in [2.45, 2.75) is 66.8 Å². The van der Waals surface area contributed by atoms with E-state index in [2.05, 4.69) is 21.4 Å². The van der Waals surface area contributed by atoms with Gasteiger partial charge in [-0.25, -0.2) is 4.39 Å². The normalized spacial score (nSPS) is 30.4. The number of hydrogen-bond donors (Lipinski definition) is 2. The zero-order chi connectivity index (χ0) is 24.5. The molecule has 3 aromatic heterocycles. The molecule has 0 aromatic carbocycles. The Labute approximate surface area is 211 Å². The topological polar surface area (TPSA) is 98.5 Å². The number of hydrogen-bond acceptors (Lipinski definition) is 8. The average Bonchev–Trinajstić information content (AvgIpc) is 3.21. The van der Waals surface area contributed by atoms with E-state index in [0.29, 0.717) is 24.2 Å². The Morgan fingerprint density at radius 2 is 2.06 bits per heavy atom. The van der Waals surface area contributed by atoms with Crippen molar-refractivity contribution in [2.75, 3.05) is 19.0 Å². The summed E-state index contributed by atoms with van der Waals surface area (Å²) < 4.78 is 28.5. The molecule has 1 atom stereocenters. The minimum Gasteiger partial charge on any atom is -0.490 e. The maximum atomic E-state index is 15.0. The first-order valence-corrected chi connectivity index (χ1v) is 13.4. The van der Waals surface area contributed by atoms with Crippen LogP contribution in [-0.2, 0) is 23.4 Å². The molecule has 2 N–H and O–H groups in total. The van der Waals surface area contributed by atoms with E-state index in [4.69, 9.17) is 9.47 Å². The molecule has 1 saturated carbocycles. The number of thioether (sulfide) groups is 1. The van der Waals surface area contributed by atoms with E-state index in [9.17, 15) is 14.3 Å². The number of aliphatic hydroxyl groups is 1. The largest absolute Gasteiger partial charge is 0.490 e. The number of nitrogens with one attached hydrogen (secondary N) is 1. The molecule has 0 spiro atoms. The first kappa shape index (κ1) is 22.7. The molecule has 1 aliphatic carbocycles. The average molecular weight is 511 g/mol. The molecule has 2 bridgehead atoms. The molecule has 3 aromatic rings. The molecule has 188 valence electrons. The zero-order valence-electron chi connectivity index (χ0n) is 19.8. The maximum absolute atomic E-state index is 15.0. The molecule has 7 heterocycles. The van der Waals surface area contributed by atoms with Crippen molar-refractivity contribution in [2.24, 2.45) is 0 Å². The third kappa shape index (κ3) is 3.49. The van der Waals surface area contributed by atoms with Crippen LogP contribution in [0.25, 0.3) is 11.0 Å². The van der Waals surface area contributed by atoms with Crippen LogP contribution in [0, 0.1) is 5.82 Å². The highest BCUT2D eigenvalue weighted by Gasteiger charge is 2.55. The van der Waals surface area contributed by atoms with Crippen molar-refractivity contribution in [1.29, 1.82) is 0 Å². The van der Waals surface area contributed by atoms with Crippen LogP contribution in [0.5, 0.6) is 5.75 Å². The number of fused-ring (bicyclic) bond motifs is 4. The van der Waals surface area contributed by atoms with Crippen LogP contribution in [0.3, 0.4) is 0 Å². The lowest BCUT2D eigenvalue weighted by Crippen LogP contribution is -2.62. The van der Waals surface area contributed by atoms with Crippen LogP contribution in [0.4, 0.5) is 4.39 Å². The SMILES string of the molecule is O=c1ccc2ncc(F)c3c2n1C[C@@]3(O)CC12CCC(NCc3cc4c(cn3)OCCS4)(CC1)CO2. The van der Waals surface area contributed by atoms with Crippen LogP contribution < -0.4 is 15.6 Å². The highest BCUT2D eigenvalue weighted by atomic mass is 32.2. The Balaban J connectivity index is 1.08. The molecule has 0 unspecified atom stereocenters. The fourth-order valence-electron chi connectivity index (χ4n) is 6.44. The Morgan fingerprint density at radius 1 is 1.19 bits per heavy atom. The van der Waals surface area contributed by atoms with Crippen LogP contribution in [0.2, 0.25) is 0 Å². The molecule has 8 rings (SSSR count). The predicted octanol–water partition coefficient (Wildman–Crippen LogP) is 2.88. The van der Waals surface area contributed by atoms with Gasteiger partial charge in [-0.05, 0) is 37.8 Å². The summed E-state index contributed by atoms with van der Waals surface area (Å²) in [5, 5.41) is 15.5. The number of nitrogens with zero attached hydrogens (tertiary/aromatic N) is 3. The van der Waals surface area contributed by atoms with E-state index in [1.165, 1.54) is 10.6 Å². The van der Waals surface area contributed by atoms with Gasteiger partial charge in [0.1, 0.15) is 11.4 Å². The third-order valence-corrected chi connectivity index (χ3v) is 9.36. The van der Waals surface area contributed by atoms with Gasteiger partial charge in [0, 0.05) is 35.9 Å². The lowest BCUT2D eigenvalue weighted by Gasteiger charge is -2.55. The van der Waals surface area contributed by atoms with Crippen molar-refractivity contribution in [1.82, 2.24) is 19.9 Å². The standard InChI is InChI=1S/C26H27FN4O4S/c27-17-11-29-18-1-2-21(32)31-14-26(33,22(17)23(18)31)13-25-5-3-24(4-6-25,15-35-25)30-10-16-9-20-19(12-28-16)34-7-8-36-20/h1-2,9,11-12,30,33H,3-8,10,13-15H2/t24?,25?,26-/m0/s1. The Morgan fingerprint density at radius 3 is 2.86 bits per heavy atom. The predicted molar refractivity (Wildman–Crippen MR) is 132 cm³/mol. The second-order valence-electron chi connectivity index (χ2n) is 10.6. The maximum Gasteiger partial charge on any atom is 0.251 e. The van der Waals surface area contributed by atoms with Gasteiger partial charge in [0.15, 0.2) is 5.75 Å². The number of pyridine rings is 3. The van der Waals surface area contributed by atoms with E-state index in [-0.39, 0.29) is 29.6 Å². The minimum atomic E-state index is -1.52. The van der Waals surface area contributed by atoms with Crippen LogP contribution in [-0.4, -0.2) is 49.7 Å². The quantitative estimate of drug-likeness (QED) is 0.541. The van der Waals surface area contributed by atoms with Crippen LogP contribution in [0.15, 0.2) is 40.3 Å². The highest BCUT2D eigenvalue weighted by molar-refractivity contribution is 7.99. The van der Waals surface area contributed by atoms with Gasteiger partial charge < -0.3 is 24.5 Å². The van der Waals surface area contributed by atoms with Crippen molar-refractivity contribution in [3.63, 3.8) is 0 Å². The first-order chi connectivity index (χ1) is 17.4. The van der Waals surface area contributed by atoms with Gasteiger partial charge in [0.05, 0.1) is 59.4 Å². The molecular weight excluding hydrogens is 483 g/mol. The Hall–Kier alpha value is -2.53. The number of ether oxygens (including phenoxy) is 2. The van der Waals surface area contributed by atoms with Crippen molar-refractivity contribution in [3.8, 4) is 5.75 Å². The number of halogens is 1. The monoisotopic (exact) mass is 510 g/mol. The van der Waals surface area contributed by atoms with Crippen molar-refractivity contribution < 1.29 is 19.0 Å².